The lowest BCUT2D eigenvalue weighted by Crippen LogP contribution is -2.50. The van der Waals surface area contributed by atoms with Crippen molar-refractivity contribution in [2.24, 2.45) is 5.92 Å². The third-order valence-corrected chi connectivity index (χ3v) is 3.65. The van der Waals surface area contributed by atoms with Crippen LogP contribution in [0, 0.1) is 5.92 Å². The van der Waals surface area contributed by atoms with Crippen LogP contribution in [0.1, 0.15) is 13.8 Å². The Kier molecular flexibility index (Phi) is 5.10. The van der Waals surface area contributed by atoms with Crippen molar-refractivity contribution < 1.29 is 24.2 Å². The molecule has 1 aromatic carbocycles. The van der Waals surface area contributed by atoms with E-state index in [1.165, 1.54) is 11.0 Å². The molecule has 7 nitrogen and oxygen atoms in total. The van der Waals surface area contributed by atoms with Crippen LogP contribution in [0.2, 0.25) is 5.02 Å². The van der Waals surface area contributed by atoms with Crippen LogP contribution in [0.5, 0.6) is 5.75 Å². The molecule has 124 valence electrons. The summed E-state index contributed by atoms with van der Waals surface area (Å²) in [6.07, 6.45) is 0. The summed E-state index contributed by atoms with van der Waals surface area (Å²) in [5.74, 6) is -1.91. The van der Waals surface area contributed by atoms with Crippen LogP contribution in [0.15, 0.2) is 18.2 Å². The molecule has 2 N–H and O–H groups in total. The molecule has 0 aliphatic carbocycles. The Morgan fingerprint density at radius 2 is 2.13 bits per heavy atom. The lowest BCUT2D eigenvalue weighted by molar-refractivity contribution is -0.142. The molecule has 1 heterocycles. The van der Waals surface area contributed by atoms with Crippen LogP contribution in [-0.2, 0) is 14.4 Å². The minimum absolute atomic E-state index is 0.186. The Morgan fingerprint density at radius 1 is 1.43 bits per heavy atom. The van der Waals surface area contributed by atoms with Crippen molar-refractivity contribution in [3.8, 4) is 5.75 Å². The quantitative estimate of drug-likeness (QED) is 0.842. The molecule has 0 saturated carbocycles. The highest BCUT2D eigenvalue weighted by Crippen LogP contribution is 2.34. The Labute approximate surface area is 138 Å². The lowest BCUT2D eigenvalue weighted by Gasteiger charge is -2.29. The highest BCUT2D eigenvalue weighted by Gasteiger charge is 2.30. The van der Waals surface area contributed by atoms with Crippen molar-refractivity contribution in [2.75, 3.05) is 18.1 Å². The zero-order chi connectivity index (χ0) is 17.1. The van der Waals surface area contributed by atoms with Gasteiger partial charge in [0.05, 0.1) is 5.69 Å². The summed E-state index contributed by atoms with van der Waals surface area (Å²) in [6.45, 7) is 2.89. The Morgan fingerprint density at radius 3 is 2.74 bits per heavy atom. The van der Waals surface area contributed by atoms with Crippen LogP contribution in [0.3, 0.4) is 0 Å². The predicted molar refractivity (Wildman–Crippen MR) is 83.7 cm³/mol. The van der Waals surface area contributed by atoms with Crippen molar-refractivity contribution in [3.05, 3.63) is 23.2 Å². The SMILES string of the molecule is CC(C)C(NC(=O)CN1C(=O)COc2ccc(Cl)cc21)C(=O)O. The van der Waals surface area contributed by atoms with Gasteiger partial charge < -0.3 is 15.2 Å². The Hall–Kier alpha value is -2.28. The van der Waals surface area contributed by atoms with Crippen LogP contribution < -0.4 is 15.0 Å². The lowest BCUT2D eigenvalue weighted by atomic mass is 10.0. The van der Waals surface area contributed by atoms with Crippen molar-refractivity contribution in [3.63, 3.8) is 0 Å². The number of nitrogens with one attached hydrogen (secondary N) is 1. The fourth-order valence-corrected chi connectivity index (χ4v) is 2.39. The number of ether oxygens (including phenoxy) is 1. The van der Waals surface area contributed by atoms with E-state index in [4.69, 9.17) is 21.4 Å². The van der Waals surface area contributed by atoms with Gasteiger partial charge >= 0.3 is 5.97 Å². The number of anilines is 1. The molecule has 1 aliphatic heterocycles. The number of fused-ring (bicyclic) bond motifs is 1. The van der Waals surface area contributed by atoms with Gasteiger partial charge in [0.25, 0.3) is 5.91 Å². The van der Waals surface area contributed by atoms with Crippen molar-refractivity contribution in [1.82, 2.24) is 5.32 Å². The molecule has 0 bridgehead atoms. The predicted octanol–water partition coefficient (Wildman–Crippen LogP) is 1.29. The second-order valence-corrected chi connectivity index (χ2v) is 5.94. The minimum Gasteiger partial charge on any atom is -0.482 e. The summed E-state index contributed by atoms with van der Waals surface area (Å²) >= 11 is 5.92. The number of benzene rings is 1. The number of nitrogens with zero attached hydrogens (tertiary/aromatic N) is 1. The average molecular weight is 341 g/mol. The van der Waals surface area contributed by atoms with Crippen molar-refractivity contribution in [1.29, 1.82) is 0 Å². The van der Waals surface area contributed by atoms with Crippen LogP contribution in [-0.4, -0.2) is 42.1 Å². The second-order valence-electron chi connectivity index (χ2n) is 5.51. The van der Waals surface area contributed by atoms with E-state index in [1.807, 2.05) is 0 Å². The number of carbonyl (C=O) groups excluding carboxylic acids is 2. The second kappa shape index (κ2) is 6.87. The van der Waals surface area contributed by atoms with E-state index in [9.17, 15) is 14.4 Å². The first-order chi connectivity index (χ1) is 10.8. The highest BCUT2D eigenvalue weighted by atomic mass is 35.5. The van der Waals surface area contributed by atoms with E-state index in [0.29, 0.717) is 16.5 Å². The number of hydrogen-bond acceptors (Lipinski definition) is 4. The topological polar surface area (TPSA) is 95.9 Å². The van der Waals surface area contributed by atoms with Crippen LogP contribution >= 0.6 is 11.6 Å². The molecule has 0 saturated heterocycles. The smallest absolute Gasteiger partial charge is 0.326 e. The fourth-order valence-electron chi connectivity index (χ4n) is 2.22. The molecule has 1 atom stereocenters. The van der Waals surface area contributed by atoms with Gasteiger partial charge in [-0.25, -0.2) is 4.79 Å². The molecule has 0 radical (unpaired) electrons. The number of carbonyl (C=O) groups is 3. The average Bonchev–Trinajstić information content (AvgIpc) is 2.47. The van der Waals surface area contributed by atoms with Crippen molar-refractivity contribution >= 4 is 35.1 Å². The van der Waals surface area contributed by atoms with Gasteiger partial charge in [-0.15, -0.1) is 0 Å². The maximum absolute atomic E-state index is 12.1. The molecule has 1 unspecified atom stereocenters. The van der Waals surface area contributed by atoms with E-state index < -0.39 is 23.8 Å². The zero-order valence-corrected chi connectivity index (χ0v) is 13.5. The van der Waals surface area contributed by atoms with Gasteiger partial charge in [-0.2, -0.15) is 0 Å². The van der Waals surface area contributed by atoms with E-state index in [0.717, 1.165) is 0 Å². The van der Waals surface area contributed by atoms with Crippen LogP contribution in [0.25, 0.3) is 0 Å². The number of amides is 2. The third-order valence-electron chi connectivity index (χ3n) is 3.41. The number of carboxylic acids is 1. The third kappa shape index (κ3) is 3.92. The largest absolute Gasteiger partial charge is 0.482 e. The molecule has 2 amide bonds. The highest BCUT2D eigenvalue weighted by molar-refractivity contribution is 6.31. The molecule has 2 rings (SSSR count). The summed E-state index contributed by atoms with van der Waals surface area (Å²) in [5.41, 5.74) is 0.389. The standard InChI is InChI=1S/C15H17ClN2O5/c1-8(2)14(15(21)22)17-12(19)6-18-10-5-9(16)3-4-11(10)23-7-13(18)20/h3-5,8,14H,6-7H2,1-2H3,(H,17,19)(H,21,22). The Bertz CT molecular complexity index is 647. The summed E-state index contributed by atoms with van der Waals surface area (Å²) in [7, 11) is 0. The van der Waals surface area contributed by atoms with Gasteiger partial charge in [-0.1, -0.05) is 25.4 Å². The molecule has 8 heteroatoms. The summed E-state index contributed by atoms with van der Waals surface area (Å²) < 4.78 is 5.28. The summed E-state index contributed by atoms with van der Waals surface area (Å²) in [4.78, 5) is 36.5. The first kappa shape index (κ1) is 17.1. The normalized spacial score (nSPS) is 15.0. The molecule has 0 spiro atoms. The molecule has 1 aliphatic rings. The molecule has 1 aromatic rings. The van der Waals surface area contributed by atoms with Gasteiger partial charge in [-0.3, -0.25) is 14.5 Å². The van der Waals surface area contributed by atoms with Gasteiger partial charge in [0.1, 0.15) is 18.3 Å². The van der Waals surface area contributed by atoms with E-state index in [1.54, 1.807) is 26.0 Å². The number of hydrogen-bond donors (Lipinski definition) is 2. The molecule has 0 fully saturated rings. The first-order valence-corrected chi connectivity index (χ1v) is 7.42. The van der Waals surface area contributed by atoms with Crippen molar-refractivity contribution in [2.45, 2.75) is 19.9 Å². The van der Waals surface area contributed by atoms with Crippen LogP contribution in [0.4, 0.5) is 5.69 Å². The zero-order valence-electron chi connectivity index (χ0n) is 12.7. The van der Waals surface area contributed by atoms with Gasteiger partial charge in [-0.05, 0) is 24.1 Å². The number of halogens is 1. The van der Waals surface area contributed by atoms with Gasteiger partial charge in [0.2, 0.25) is 5.91 Å². The molecular formula is C15H17ClN2O5. The maximum Gasteiger partial charge on any atom is 0.326 e. The van der Waals surface area contributed by atoms with Gasteiger partial charge in [0.15, 0.2) is 6.61 Å². The maximum atomic E-state index is 12.1. The summed E-state index contributed by atoms with van der Waals surface area (Å²) in [5, 5.41) is 11.9. The summed E-state index contributed by atoms with van der Waals surface area (Å²) in [6, 6.07) is 3.74. The fraction of sp³-hybridized carbons (Fsp3) is 0.400. The van der Waals surface area contributed by atoms with Gasteiger partial charge in [0, 0.05) is 5.02 Å². The van der Waals surface area contributed by atoms with E-state index in [2.05, 4.69) is 5.32 Å². The monoisotopic (exact) mass is 340 g/mol. The van der Waals surface area contributed by atoms with E-state index >= 15 is 0 Å². The number of aliphatic carboxylic acids is 1. The number of carboxylic acid groups (broad SMARTS) is 1. The first-order valence-electron chi connectivity index (χ1n) is 7.04. The molecular weight excluding hydrogens is 324 g/mol. The molecule has 23 heavy (non-hydrogen) atoms. The molecule has 0 aromatic heterocycles. The minimum atomic E-state index is -1.12. The Balaban J connectivity index is 2.16. The van der Waals surface area contributed by atoms with E-state index in [-0.39, 0.29) is 19.1 Å². The number of rotatable bonds is 5.